The lowest BCUT2D eigenvalue weighted by molar-refractivity contribution is -0.136. The van der Waals surface area contributed by atoms with Gasteiger partial charge in [0.1, 0.15) is 5.75 Å². The van der Waals surface area contributed by atoms with E-state index in [-0.39, 0.29) is 25.2 Å². The van der Waals surface area contributed by atoms with Gasteiger partial charge in [0.25, 0.3) is 5.91 Å². The summed E-state index contributed by atoms with van der Waals surface area (Å²) in [5.74, 6) is 0.616. The van der Waals surface area contributed by atoms with Crippen molar-refractivity contribution in [3.05, 3.63) is 29.8 Å². The summed E-state index contributed by atoms with van der Waals surface area (Å²) in [5.41, 5.74) is 1.16. The zero-order valence-electron chi connectivity index (χ0n) is 12.6. The van der Waals surface area contributed by atoms with Crippen molar-refractivity contribution in [1.82, 2.24) is 4.90 Å². The summed E-state index contributed by atoms with van der Waals surface area (Å²) >= 11 is 0. The molecule has 0 fully saturated rings. The standard InChI is InChI=1S/C16H25NO3/c1-4-14(5-2)17(10-11-18)16(19)12-20-15-8-6-13(3)7-9-15/h6-9,14,18H,4-5,10-12H2,1-3H3. The van der Waals surface area contributed by atoms with Crippen LogP contribution in [0.1, 0.15) is 32.3 Å². The molecule has 0 saturated carbocycles. The normalized spacial score (nSPS) is 10.7. The lowest BCUT2D eigenvalue weighted by Crippen LogP contribution is -2.43. The van der Waals surface area contributed by atoms with Gasteiger partial charge in [0, 0.05) is 12.6 Å². The van der Waals surface area contributed by atoms with E-state index in [1.54, 1.807) is 4.90 Å². The molecule has 0 saturated heterocycles. The topological polar surface area (TPSA) is 49.8 Å². The Morgan fingerprint density at radius 1 is 1.25 bits per heavy atom. The SMILES string of the molecule is CCC(CC)N(CCO)C(=O)COc1ccc(C)cc1. The average molecular weight is 279 g/mol. The number of aliphatic hydroxyl groups excluding tert-OH is 1. The van der Waals surface area contributed by atoms with Crippen LogP contribution in [0.25, 0.3) is 0 Å². The predicted molar refractivity (Wildman–Crippen MR) is 79.8 cm³/mol. The minimum Gasteiger partial charge on any atom is -0.484 e. The van der Waals surface area contributed by atoms with E-state index in [1.165, 1.54) is 0 Å². The van der Waals surface area contributed by atoms with Gasteiger partial charge in [-0.2, -0.15) is 0 Å². The number of amides is 1. The fourth-order valence-electron chi connectivity index (χ4n) is 2.21. The van der Waals surface area contributed by atoms with Crippen LogP contribution >= 0.6 is 0 Å². The molecule has 1 aromatic rings. The molecular weight excluding hydrogens is 254 g/mol. The quantitative estimate of drug-likeness (QED) is 0.795. The van der Waals surface area contributed by atoms with E-state index in [0.717, 1.165) is 18.4 Å². The van der Waals surface area contributed by atoms with Crippen LogP contribution in [0.5, 0.6) is 5.75 Å². The Hall–Kier alpha value is -1.55. The smallest absolute Gasteiger partial charge is 0.260 e. The molecule has 0 unspecified atom stereocenters. The summed E-state index contributed by atoms with van der Waals surface area (Å²) in [6.07, 6.45) is 1.76. The maximum absolute atomic E-state index is 12.2. The first-order valence-electron chi connectivity index (χ1n) is 7.22. The predicted octanol–water partition coefficient (Wildman–Crippen LogP) is 2.38. The number of benzene rings is 1. The first-order valence-corrected chi connectivity index (χ1v) is 7.22. The second-order valence-corrected chi connectivity index (χ2v) is 4.88. The van der Waals surface area contributed by atoms with E-state index >= 15 is 0 Å². The van der Waals surface area contributed by atoms with Crippen LogP contribution in [-0.2, 0) is 4.79 Å². The number of nitrogens with zero attached hydrogens (tertiary/aromatic N) is 1. The van der Waals surface area contributed by atoms with E-state index in [1.807, 2.05) is 45.0 Å². The number of hydrogen-bond acceptors (Lipinski definition) is 3. The van der Waals surface area contributed by atoms with Gasteiger partial charge in [-0.05, 0) is 31.9 Å². The molecule has 0 atom stereocenters. The number of aryl methyl sites for hydroxylation is 1. The molecule has 0 bridgehead atoms. The zero-order chi connectivity index (χ0) is 15.0. The number of carbonyl (C=O) groups excluding carboxylic acids is 1. The van der Waals surface area contributed by atoms with Gasteiger partial charge in [-0.3, -0.25) is 4.79 Å². The second kappa shape index (κ2) is 8.59. The Morgan fingerprint density at radius 3 is 2.35 bits per heavy atom. The van der Waals surface area contributed by atoms with E-state index in [4.69, 9.17) is 9.84 Å². The maximum Gasteiger partial charge on any atom is 0.260 e. The Labute approximate surface area is 121 Å². The Morgan fingerprint density at radius 2 is 1.85 bits per heavy atom. The number of rotatable bonds is 8. The summed E-state index contributed by atoms with van der Waals surface area (Å²) < 4.78 is 5.52. The molecule has 0 heterocycles. The van der Waals surface area contributed by atoms with Gasteiger partial charge < -0.3 is 14.7 Å². The Balaban J connectivity index is 2.59. The van der Waals surface area contributed by atoms with Crippen molar-refractivity contribution in [2.24, 2.45) is 0 Å². The van der Waals surface area contributed by atoms with Gasteiger partial charge in [0.05, 0.1) is 6.61 Å². The highest BCUT2D eigenvalue weighted by Crippen LogP contribution is 2.13. The first-order chi connectivity index (χ1) is 9.62. The molecular formula is C16H25NO3. The molecule has 0 spiro atoms. The third-order valence-electron chi connectivity index (χ3n) is 3.43. The largest absolute Gasteiger partial charge is 0.484 e. The molecule has 1 N–H and O–H groups in total. The van der Waals surface area contributed by atoms with Gasteiger partial charge in [0.2, 0.25) is 0 Å². The molecule has 0 aromatic heterocycles. The molecule has 4 nitrogen and oxygen atoms in total. The van der Waals surface area contributed by atoms with Crippen molar-refractivity contribution in [3.63, 3.8) is 0 Å². The van der Waals surface area contributed by atoms with Gasteiger partial charge in [-0.1, -0.05) is 31.5 Å². The fourth-order valence-corrected chi connectivity index (χ4v) is 2.21. The van der Waals surface area contributed by atoms with Crippen LogP contribution in [-0.4, -0.2) is 41.7 Å². The summed E-state index contributed by atoms with van der Waals surface area (Å²) in [4.78, 5) is 13.9. The van der Waals surface area contributed by atoms with E-state index in [2.05, 4.69) is 0 Å². The van der Waals surface area contributed by atoms with Gasteiger partial charge in [-0.15, -0.1) is 0 Å². The molecule has 4 heteroatoms. The van der Waals surface area contributed by atoms with E-state index in [9.17, 15) is 4.79 Å². The van der Waals surface area contributed by atoms with Crippen molar-refractivity contribution < 1.29 is 14.6 Å². The molecule has 0 aliphatic rings. The van der Waals surface area contributed by atoms with Gasteiger partial charge >= 0.3 is 0 Å². The van der Waals surface area contributed by atoms with Gasteiger partial charge in [-0.25, -0.2) is 0 Å². The van der Waals surface area contributed by atoms with Gasteiger partial charge in [0.15, 0.2) is 6.61 Å². The molecule has 1 amide bonds. The summed E-state index contributed by atoms with van der Waals surface area (Å²) in [7, 11) is 0. The first kappa shape index (κ1) is 16.5. The summed E-state index contributed by atoms with van der Waals surface area (Å²) in [5, 5.41) is 9.11. The molecule has 1 rings (SSSR count). The maximum atomic E-state index is 12.2. The highest BCUT2D eigenvalue weighted by molar-refractivity contribution is 5.78. The van der Waals surface area contributed by atoms with Crippen molar-refractivity contribution in [1.29, 1.82) is 0 Å². The number of carbonyl (C=O) groups is 1. The van der Waals surface area contributed by atoms with Crippen LogP contribution in [0.2, 0.25) is 0 Å². The summed E-state index contributed by atoms with van der Waals surface area (Å²) in [6, 6.07) is 7.78. The van der Waals surface area contributed by atoms with Crippen molar-refractivity contribution >= 4 is 5.91 Å². The molecule has 0 aliphatic carbocycles. The number of ether oxygens (including phenoxy) is 1. The molecule has 1 aromatic carbocycles. The monoisotopic (exact) mass is 279 g/mol. The Kier molecular flexibility index (Phi) is 7.09. The third kappa shape index (κ3) is 4.85. The van der Waals surface area contributed by atoms with Crippen LogP contribution in [0, 0.1) is 6.92 Å². The molecule has 0 aliphatic heterocycles. The third-order valence-corrected chi connectivity index (χ3v) is 3.43. The van der Waals surface area contributed by atoms with Crippen molar-refractivity contribution in [2.45, 2.75) is 39.7 Å². The zero-order valence-corrected chi connectivity index (χ0v) is 12.6. The lowest BCUT2D eigenvalue weighted by atomic mass is 10.1. The second-order valence-electron chi connectivity index (χ2n) is 4.88. The highest BCUT2D eigenvalue weighted by Gasteiger charge is 2.20. The van der Waals surface area contributed by atoms with Crippen molar-refractivity contribution in [3.8, 4) is 5.75 Å². The van der Waals surface area contributed by atoms with Crippen LogP contribution in [0.3, 0.4) is 0 Å². The number of aliphatic hydroxyl groups is 1. The number of hydrogen-bond donors (Lipinski definition) is 1. The minimum absolute atomic E-state index is 0.0135. The lowest BCUT2D eigenvalue weighted by Gasteiger charge is -2.30. The Bertz CT molecular complexity index is 399. The molecule has 20 heavy (non-hydrogen) atoms. The van der Waals surface area contributed by atoms with Crippen LogP contribution in [0.4, 0.5) is 0 Å². The molecule has 0 radical (unpaired) electrons. The van der Waals surface area contributed by atoms with Crippen molar-refractivity contribution in [2.75, 3.05) is 19.8 Å². The van der Waals surface area contributed by atoms with Crippen LogP contribution < -0.4 is 4.74 Å². The minimum atomic E-state index is -0.0756. The molecule has 112 valence electrons. The highest BCUT2D eigenvalue weighted by atomic mass is 16.5. The summed E-state index contributed by atoms with van der Waals surface area (Å²) in [6.45, 7) is 6.46. The van der Waals surface area contributed by atoms with Crippen LogP contribution in [0.15, 0.2) is 24.3 Å². The van der Waals surface area contributed by atoms with E-state index < -0.39 is 0 Å². The van der Waals surface area contributed by atoms with E-state index in [0.29, 0.717) is 12.3 Å². The fraction of sp³-hybridized carbons (Fsp3) is 0.562. The average Bonchev–Trinajstić information content (AvgIpc) is 2.46.